The zero-order chi connectivity index (χ0) is 27.9. The molecule has 0 aliphatic rings. The van der Waals surface area contributed by atoms with Crippen LogP contribution < -0.4 is 0 Å². The normalized spacial score (nSPS) is 13.2. The van der Waals surface area contributed by atoms with Crippen LogP contribution in [-0.4, -0.2) is 8.07 Å². The van der Waals surface area contributed by atoms with E-state index in [1.807, 2.05) is 0 Å². The summed E-state index contributed by atoms with van der Waals surface area (Å²) in [5.74, 6) is 10.9. The van der Waals surface area contributed by atoms with Gasteiger partial charge in [0.25, 0.3) is 0 Å². The van der Waals surface area contributed by atoms with Gasteiger partial charge in [0.2, 0.25) is 0 Å². The van der Waals surface area contributed by atoms with E-state index in [-0.39, 0.29) is 16.2 Å². The quantitative estimate of drug-likeness (QED) is 0.290. The Morgan fingerprint density at radius 3 is 1.22 bits per heavy atom. The molecule has 0 unspecified atom stereocenters. The summed E-state index contributed by atoms with van der Waals surface area (Å²) in [5.41, 5.74) is 10.8. The lowest BCUT2D eigenvalue weighted by molar-refractivity contribution is 0.571. The van der Waals surface area contributed by atoms with E-state index in [0.717, 1.165) is 5.56 Å². The third kappa shape index (κ3) is 6.67. The topological polar surface area (TPSA) is 0 Å². The van der Waals surface area contributed by atoms with Crippen molar-refractivity contribution in [2.75, 3.05) is 0 Å². The first-order valence-corrected chi connectivity index (χ1v) is 16.1. The average Bonchev–Trinajstić information content (AvgIpc) is 2.69. The summed E-state index contributed by atoms with van der Waals surface area (Å²) >= 11 is 0. The lowest BCUT2D eigenvalue weighted by atomic mass is 9.80. The second-order valence-electron chi connectivity index (χ2n) is 14.8. The summed E-state index contributed by atoms with van der Waals surface area (Å²) in [7, 11) is -1.85. The molecule has 0 aliphatic carbocycles. The highest BCUT2D eigenvalue weighted by Gasteiger charge is 2.41. The Morgan fingerprint density at radius 1 is 0.556 bits per heavy atom. The van der Waals surface area contributed by atoms with Crippen molar-refractivity contribution in [3.8, 4) is 23.3 Å². The molecule has 0 N–H and O–H groups in total. The Bertz CT molecular complexity index is 1190. The Hall–Kier alpha value is -1.96. The van der Waals surface area contributed by atoms with Crippen LogP contribution >= 0.6 is 0 Å². The van der Waals surface area contributed by atoms with E-state index in [2.05, 4.69) is 151 Å². The van der Waals surface area contributed by atoms with Crippen molar-refractivity contribution in [1.82, 2.24) is 0 Å². The van der Waals surface area contributed by atoms with Crippen LogP contribution in [0.15, 0.2) is 24.3 Å². The van der Waals surface area contributed by atoms with E-state index < -0.39 is 8.07 Å². The molecule has 0 atom stereocenters. The van der Waals surface area contributed by atoms with Gasteiger partial charge in [-0.3, -0.25) is 0 Å². The average molecular weight is 501 g/mol. The van der Waals surface area contributed by atoms with Crippen LogP contribution in [0, 0.1) is 28.7 Å². The molecule has 0 fully saturated rings. The fourth-order valence-corrected chi connectivity index (χ4v) is 10.6. The van der Waals surface area contributed by atoms with Gasteiger partial charge in [-0.15, -0.1) is 5.54 Å². The molecule has 36 heavy (non-hydrogen) atoms. The molecule has 0 saturated carbocycles. The molecule has 0 saturated heterocycles. The molecule has 0 nitrogen and oxygen atoms in total. The monoisotopic (exact) mass is 500 g/mol. The predicted molar refractivity (Wildman–Crippen MR) is 166 cm³/mol. The van der Waals surface area contributed by atoms with Gasteiger partial charge in [-0.05, 0) is 94.4 Å². The van der Waals surface area contributed by atoms with Crippen LogP contribution in [-0.2, 0) is 10.8 Å². The SMILES string of the molecule is CC(C)[Si](C#Cc1cc(C(C)(C)C)cc2c(C#CC(C)(C)C)cc(C(C)(C)C)cc12)(C(C)C)C(C)C. The number of hydrogen-bond donors (Lipinski definition) is 0. The summed E-state index contributed by atoms with van der Waals surface area (Å²) in [6, 6.07) is 9.44. The maximum Gasteiger partial charge on any atom is 0.146 e. The number of hydrogen-bond acceptors (Lipinski definition) is 0. The van der Waals surface area contributed by atoms with Gasteiger partial charge in [-0.2, -0.15) is 0 Å². The van der Waals surface area contributed by atoms with Gasteiger partial charge in [0.1, 0.15) is 8.07 Å². The van der Waals surface area contributed by atoms with Gasteiger partial charge in [-0.25, -0.2) is 0 Å². The summed E-state index contributed by atoms with van der Waals surface area (Å²) in [6.07, 6.45) is 0. The van der Waals surface area contributed by atoms with Crippen LogP contribution in [0.1, 0.15) is 126 Å². The van der Waals surface area contributed by atoms with Crippen LogP contribution in [0.2, 0.25) is 16.6 Å². The second kappa shape index (κ2) is 10.4. The maximum atomic E-state index is 4.01. The standard InChI is InChI=1S/C35H52Si/c1-24(2)36(25(3)4,26(5)6)19-17-28-21-30(35(13,14)15)22-31-27(16-18-33(7,8)9)20-29(23-32(28)31)34(10,11)12/h20-26H,1-15H3. The molecule has 0 aromatic heterocycles. The molecular formula is C35H52Si. The van der Waals surface area contributed by atoms with E-state index >= 15 is 0 Å². The maximum absolute atomic E-state index is 4.01. The van der Waals surface area contributed by atoms with Crippen LogP contribution in [0.4, 0.5) is 0 Å². The molecular weight excluding hydrogens is 448 g/mol. The van der Waals surface area contributed by atoms with Crippen molar-refractivity contribution in [3.05, 3.63) is 46.5 Å². The first-order chi connectivity index (χ1) is 16.2. The first kappa shape index (κ1) is 30.3. The minimum atomic E-state index is -1.85. The second-order valence-corrected chi connectivity index (χ2v) is 20.4. The summed E-state index contributed by atoms with van der Waals surface area (Å²) in [5, 5.41) is 2.49. The third-order valence-corrected chi connectivity index (χ3v) is 13.9. The van der Waals surface area contributed by atoms with Gasteiger partial charge in [0.15, 0.2) is 0 Å². The minimum absolute atomic E-state index is 0.0324. The molecule has 2 aromatic rings. The van der Waals surface area contributed by atoms with Crippen LogP contribution in [0.25, 0.3) is 10.8 Å². The van der Waals surface area contributed by atoms with Crippen LogP contribution in [0.5, 0.6) is 0 Å². The largest absolute Gasteiger partial charge is 0.146 e. The van der Waals surface area contributed by atoms with E-state index in [4.69, 9.17) is 0 Å². The lowest BCUT2D eigenvalue weighted by Crippen LogP contribution is -2.43. The highest BCUT2D eigenvalue weighted by Crippen LogP contribution is 2.41. The van der Waals surface area contributed by atoms with Crippen molar-refractivity contribution < 1.29 is 0 Å². The zero-order valence-corrected chi connectivity index (χ0v) is 27.0. The highest BCUT2D eigenvalue weighted by atomic mass is 28.3. The molecule has 2 aromatic carbocycles. The molecule has 0 heterocycles. The van der Waals surface area contributed by atoms with Gasteiger partial charge < -0.3 is 0 Å². The van der Waals surface area contributed by atoms with Crippen molar-refractivity contribution in [3.63, 3.8) is 0 Å². The van der Waals surface area contributed by atoms with Gasteiger partial charge in [-0.1, -0.05) is 101 Å². The Morgan fingerprint density at radius 2 is 0.917 bits per heavy atom. The highest BCUT2D eigenvalue weighted by molar-refractivity contribution is 6.90. The van der Waals surface area contributed by atoms with E-state index in [9.17, 15) is 0 Å². The Kier molecular flexibility index (Phi) is 8.76. The van der Waals surface area contributed by atoms with E-state index in [1.54, 1.807) is 0 Å². The summed E-state index contributed by atoms with van der Waals surface area (Å²) in [4.78, 5) is 0. The van der Waals surface area contributed by atoms with Crippen molar-refractivity contribution >= 4 is 18.8 Å². The number of fused-ring (bicyclic) bond motifs is 1. The van der Waals surface area contributed by atoms with Gasteiger partial charge in [0.05, 0.1) is 0 Å². The van der Waals surface area contributed by atoms with Gasteiger partial charge >= 0.3 is 0 Å². The number of benzene rings is 2. The molecule has 0 aliphatic heterocycles. The summed E-state index contributed by atoms with van der Waals surface area (Å²) in [6.45, 7) is 34.7. The van der Waals surface area contributed by atoms with Crippen LogP contribution in [0.3, 0.4) is 0 Å². The molecule has 2 rings (SSSR count). The van der Waals surface area contributed by atoms with E-state index in [1.165, 1.54) is 27.5 Å². The van der Waals surface area contributed by atoms with Gasteiger partial charge in [0, 0.05) is 16.5 Å². The molecule has 0 radical (unpaired) electrons. The van der Waals surface area contributed by atoms with Crippen molar-refractivity contribution in [2.24, 2.45) is 5.41 Å². The first-order valence-electron chi connectivity index (χ1n) is 13.9. The zero-order valence-electron chi connectivity index (χ0n) is 26.0. The Balaban J connectivity index is 3.09. The number of rotatable bonds is 3. The lowest BCUT2D eigenvalue weighted by Gasteiger charge is -2.38. The van der Waals surface area contributed by atoms with E-state index in [0.29, 0.717) is 16.6 Å². The molecule has 0 amide bonds. The molecule has 0 spiro atoms. The Labute approximate surface area is 225 Å². The van der Waals surface area contributed by atoms with Crippen molar-refractivity contribution in [2.45, 2.75) is 131 Å². The third-order valence-electron chi connectivity index (χ3n) is 7.65. The molecule has 1 heteroatoms. The fourth-order valence-electron chi connectivity index (χ4n) is 5.40. The minimum Gasteiger partial charge on any atom is -0.125 e. The summed E-state index contributed by atoms with van der Waals surface area (Å²) < 4.78 is 0. The van der Waals surface area contributed by atoms with Crippen molar-refractivity contribution in [1.29, 1.82) is 0 Å². The fraction of sp³-hybridized carbons (Fsp3) is 0.600. The molecule has 0 bridgehead atoms. The molecule has 196 valence electrons. The smallest absolute Gasteiger partial charge is 0.125 e. The predicted octanol–water partition coefficient (Wildman–Crippen LogP) is 10.4.